The number of allylic oxidation sites excluding steroid dienone is 18. The summed E-state index contributed by atoms with van der Waals surface area (Å²) in [5.41, 5.74) is 0. The average molecular weight is 873 g/mol. The minimum atomic E-state index is -0.808. The molecule has 0 bridgehead atoms. The van der Waals surface area contributed by atoms with Gasteiger partial charge >= 0.3 is 17.9 Å². The van der Waals surface area contributed by atoms with Gasteiger partial charge in [0.25, 0.3) is 0 Å². The summed E-state index contributed by atoms with van der Waals surface area (Å²) in [5.74, 6) is -0.977. The standard InChI is InChI=1S/C57H92O6/c1-4-7-10-13-16-19-22-25-28-31-34-37-40-43-46-49-55(58)61-52-54(63-57(60)51-48-45-42-39-36-33-30-27-24-21-18-15-12-9-6-3)53-62-56(59)50-47-44-41-38-35-32-29-26-23-20-17-14-11-8-5-2/h7,10,13,16-28,31,34,54H,4-6,8-9,11-12,14-15,29-30,32-33,35-53H2,1-3H3/b10-7-,16-13-,20-17-,21-18-,22-19-,26-23-,27-24-,28-25-,34-31-. The molecule has 0 saturated carbocycles. The fourth-order valence-corrected chi connectivity index (χ4v) is 6.56. The molecule has 0 N–H and O–H groups in total. The second-order valence-electron chi connectivity index (χ2n) is 16.5. The van der Waals surface area contributed by atoms with Crippen LogP contribution < -0.4 is 0 Å². The van der Waals surface area contributed by atoms with Crippen LogP contribution in [0.1, 0.15) is 213 Å². The van der Waals surface area contributed by atoms with E-state index < -0.39 is 6.10 Å². The lowest BCUT2D eigenvalue weighted by molar-refractivity contribution is -0.167. The highest BCUT2D eigenvalue weighted by molar-refractivity contribution is 5.71. The summed E-state index contributed by atoms with van der Waals surface area (Å²) in [5, 5.41) is 0. The second-order valence-corrected chi connectivity index (χ2v) is 16.5. The van der Waals surface area contributed by atoms with Crippen molar-refractivity contribution in [2.75, 3.05) is 13.2 Å². The molecule has 0 aliphatic rings. The average Bonchev–Trinajstić information content (AvgIpc) is 3.28. The maximum Gasteiger partial charge on any atom is 0.306 e. The van der Waals surface area contributed by atoms with Crippen molar-refractivity contribution in [1.82, 2.24) is 0 Å². The van der Waals surface area contributed by atoms with Crippen LogP contribution in [0, 0.1) is 0 Å². The third-order valence-corrected chi connectivity index (χ3v) is 10.4. The summed E-state index contributed by atoms with van der Waals surface area (Å²) in [6.45, 7) is 6.36. The molecular formula is C57H92O6. The highest BCUT2D eigenvalue weighted by atomic mass is 16.6. The van der Waals surface area contributed by atoms with Crippen LogP contribution in [0.15, 0.2) is 109 Å². The minimum Gasteiger partial charge on any atom is -0.462 e. The first kappa shape index (κ1) is 59.1. The van der Waals surface area contributed by atoms with Gasteiger partial charge in [0.05, 0.1) is 0 Å². The van der Waals surface area contributed by atoms with Crippen molar-refractivity contribution in [3.63, 3.8) is 0 Å². The molecule has 0 saturated heterocycles. The third-order valence-electron chi connectivity index (χ3n) is 10.4. The summed E-state index contributed by atoms with van der Waals surface area (Å²) >= 11 is 0. The topological polar surface area (TPSA) is 78.9 Å². The predicted molar refractivity (Wildman–Crippen MR) is 270 cm³/mol. The van der Waals surface area contributed by atoms with E-state index in [1.165, 1.54) is 70.6 Å². The molecular weight excluding hydrogens is 781 g/mol. The molecule has 1 atom stereocenters. The molecule has 0 aromatic heterocycles. The SMILES string of the molecule is CC\C=C/C=C\C=C/C=C\C=C/CCCCCC(=O)OCC(COC(=O)CCCCCCCC/C=C\C=C/CCCCC)OC(=O)CCCCCCCC/C=C\C=C/CCCCC. The molecule has 356 valence electrons. The van der Waals surface area contributed by atoms with Crippen LogP contribution in [0.5, 0.6) is 0 Å². The molecule has 0 spiro atoms. The van der Waals surface area contributed by atoms with Crippen LogP contribution >= 0.6 is 0 Å². The van der Waals surface area contributed by atoms with Gasteiger partial charge in [0.1, 0.15) is 13.2 Å². The number of ether oxygens (including phenoxy) is 3. The zero-order valence-electron chi connectivity index (χ0n) is 40.5. The Morgan fingerprint density at radius 1 is 0.333 bits per heavy atom. The van der Waals surface area contributed by atoms with Crippen LogP contribution in [0.3, 0.4) is 0 Å². The van der Waals surface area contributed by atoms with E-state index >= 15 is 0 Å². The van der Waals surface area contributed by atoms with Gasteiger partial charge in [0, 0.05) is 19.3 Å². The Kier molecular flexibility index (Phi) is 47.5. The van der Waals surface area contributed by atoms with Crippen LogP contribution in [-0.2, 0) is 28.6 Å². The van der Waals surface area contributed by atoms with Gasteiger partial charge in [-0.1, -0.05) is 214 Å². The van der Waals surface area contributed by atoms with E-state index in [9.17, 15) is 14.4 Å². The molecule has 0 amide bonds. The Balaban J connectivity index is 4.53. The quantitative estimate of drug-likeness (QED) is 0.0263. The van der Waals surface area contributed by atoms with Crippen molar-refractivity contribution in [3.05, 3.63) is 109 Å². The van der Waals surface area contributed by atoms with E-state index in [1.54, 1.807) is 0 Å². The number of unbranched alkanes of at least 4 members (excludes halogenated alkanes) is 21. The van der Waals surface area contributed by atoms with E-state index in [4.69, 9.17) is 14.2 Å². The highest BCUT2D eigenvalue weighted by Gasteiger charge is 2.19. The Morgan fingerprint density at radius 3 is 1.00 bits per heavy atom. The van der Waals surface area contributed by atoms with Gasteiger partial charge in [-0.25, -0.2) is 0 Å². The molecule has 0 aliphatic heterocycles. The summed E-state index contributed by atoms with van der Waals surface area (Å²) in [6, 6.07) is 0. The molecule has 0 aliphatic carbocycles. The van der Waals surface area contributed by atoms with E-state index in [0.29, 0.717) is 19.3 Å². The monoisotopic (exact) mass is 873 g/mol. The Labute approximate surface area is 387 Å². The molecule has 6 heteroatoms. The number of rotatable bonds is 44. The number of hydrogen-bond donors (Lipinski definition) is 0. The third kappa shape index (κ3) is 49.0. The summed E-state index contributed by atoms with van der Waals surface area (Å²) in [4.78, 5) is 38.0. The maximum atomic E-state index is 12.8. The lowest BCUT2D eigenvalue weighted by Gasteiger charge is -2.18. The van der Waals surface area contributed by atoms with Crippen LogP contribution in [-0.4, -0.2) is 37.2 Å². The minimum absolute atomic E-state index is 0.105. The first-order valence-corrected chi connectivity index (χ1v) is 25.5. The zero-order chi connectivity index (χ0) is 45.8. The van der Waals surface area contributed by atoms with Gasteiger partial charge in [0.15, 0.2) is 6.10 Å². The molecule has 1 unspecified atom stereocenters. The first-order valence-electron chi connectivity index (χ1n) is 25.5. The predicted octanol–water partition coefficient (Wildman–Crippen LogP) is 16.8. The smallest absolute Gasteiger partial charge is 0.306 e. The molecule has 0 aromatic carbocycles. The van der Waals surface area contributed by atoms with Gasteiger partial charge in [-0.3, -0.25) is 14.4 Å². The summed E-state index contributed by atoms with van der Waals surface area (Å²) in [6.07, 6.45) is 67.7. The zero-order valence-corrected chi connectivity index (χ0v) is 40.5. The van der Waals surface area contributed by atoms with E-state index in [0.717, 1.165) is 103 Å². The van der Waals surface area contributed by atoms with Gasteiger partial charge < -0.3 is 14.2 Å². The molecule has 0 rings (SSSR count). The number of carbonyl (C=O) groups is 3. The van der Waals surface area contributed by atoms with E-state index in [2.05, 4.69) is 81.5 Å². The number of esters is 3. The van der Waals surface area contributed by atoms with Crippen molar-refractivity contribution in [2.45, 2.75) is 219 Å². The van der Waals surface area contributed by atoms with Gasteiger partial charge in [0.2, 0.25) is 0 Å². The maximum absolute atomic E-state index is 12.8. The van der Waals surface area contributed by atoms with Crippen molar-refractivity contribution in [2.24, 2.45) is 0 Å². The first-order chi connectivity index (χ1) is 31.0. The summed E-state index contributed by atoms with van der Waals surface area (Å²) < 4.78 is 16.7. The van der Waals surface area contributed by atoms with Crippen LogP contribution in [0.25, 0.3) is 0 Å². The Hall–Kier alpha value is -3.93. The van der Waals surface area contributed by atoms with Crippen LogP contribution in [0.4, 0.5) is 0 Å². The van der Waals surface area contributed by atoms with Crippen molar-refractivity contribution < 1.29 is 28.6 Å². The Bertz CT molecular complexity index is 1330. The fraction of sp³-hybridized carbons (Fsp3) is 0.632. The molecule has 63 heavy (non-hydrogen) atoms. The second kappa shape index (κ2) is 50.7. The number of hydrogen-bond acceptors (Lipinski definition) is 6. The molecule has 0 fully saturated rings. The van der Waals surface area contributed by atoms with Crippen LogP contribution in [0.2, 0.25) is 0 Å². The molecule has 0 heterocycles. The van der Waals surface area contributed by atoms with Gasteiger partial charge in [-0.2, -0.15) is 0 Å². The fourth-order valence-electron chi connectivity index (χ4n) is 6.56. The largest absolute Gasteiger partial charge is 0.462 e. The van der Waals surface area contributed by atoms with Gasteiger partial charge in [-0.15, -0.1) is 0 Å². The van der Waals surface area contributed by atoms with E-state index in [1.807, 2.05) is 48.6 Å². The van der Waals surface area contributed by atoms with Gasteiger partial charge in [-0.05, 0) is 89.9 Å². The lowest BCUT2D eigenvalue weighted by atomic mass is 10.1. The molecule has 6 nitrogen and oxygen atoms in total. The lowest BCUT2D eigenvalue weighted by Crippen LogP contribution is -2.30. The summed E-state index contributed by atoms with van der Waals surface area (Å²) in [7, 11) is 0. The van der Waals surface area contributed by atoms with E-state index in [-0.39, 0.29) is 31.1 Å². The molecule has 0 radical (unpaired) electrons. The van der Waals surface area contributed by atoms with Crippen molar-refractivity contribution in [1.29, 1.82) is 0 Å². The molecule has 0 aromatic rings. The van der Waals surface area contributed by atoms with Crippen molar-refractivity contribution in [3.8, 4) is 0 Å². The highest BCUT2D eigenvalue weighted by Crippen LogP contribution is 2.13. The normalized spacial score (nSPS) is 13.0. The Morgan fingerprint density at radius 2 is 0.619 bits per heavy atom. The number of carbonyl (C=O) groups excluding carboxylic acids is 3. The van der Waals surface area contributed by atoms with Crippen molar-refractivity contribution >= 4 is 17.9 Å².